The molecule has 0 aliphatic heterocycles. The SMILES string of the molecule is CCc1ccc(C(=O)NCc2cccc(NC(=O)c3ccncc3)c2)cc1. The third-order valence-electron chi connectivity index (χ3n) is 4.20. The second-order valence-electron chi connectivity index (χ2n) is 6.12. The van der Waals surface area contributed by atoms with E-state index >= 15 is 0 Å². The zero-order chi connectivity index (χ0) is 19.1. The minimum atomic E-state index is -0.199. The highest BCUT2D eigenvalue weighted by molar-refractivity contribution is 6.04. The van der Waals surface area contributed by atoms with E-state index in [0.717, 1.165) is 12.0 Å². The number of aromatic nitrogens is 1. The molecule has 136 valence electrons. The summed E-state index contributed by atoms with van der Waals surface area (Å²) in [5, 5.41) is 5.76. The predicted molar refractivity (Wildman–Crippen MR) is 106 cm³/mol. The quantitative estimate of drug-likeness (QED) is 0.703. The van der Waals surface area contributed by atoms with Crippen molar-refractivity contribution in [3.05, 3.63) is 95.3 Å². The van der Waals surface area contributed by atoms with Crippen LogP contribution in [0.15, 0.2) is 73.1 Å². The van der Waals surface area contributed by atoms with Crippen LogP contribution < -0.4 is 10.6 Å². The van der Waals surface area contributed by atoms with Crippen LogP contribution in [0.1, 0.15) is 38.8 Å². The van der Waals surface area contributed by atoms with Crippen molar-refractivity contribution < 1.29 is 9.59 Å². The van der Waals surface area contributed by atoms with Gasteiger partial charge in [0.2, 0.25) is 0 Å². The third-order valence-corrected chi connectivity index (χ3v) is 4.20. The summed E-state index contributed by atoms with van der Waals surface area (Å²) in [6.07, 6.45) is 4.10. The standard InChI is InChI=1S/C22H21N3O2/c1-2-16-6-8-18(9-7-16)21(26)24-15-17-4-3-5-20(14-17)25-22(27)19-10-12-23-13-11-19/h3-14H,2,15H2,1H3,(H,24,26)(H,25,27). The molecule has 0 saturated heterocycles. The molecule has 0 atom stereocenters. The Balaban J connectivity index is 1.60. The highest BCUT2D eigenvalue weighted by Crippen LogP contribution is 2.13. The lowest BCUT2D eigenvalue weighted by molar-refractivity contribution is 0.0950. The number of pyridine rings is 1. The summed E-state index contributed by atoms with van der Waals surface area (Å²) in [5.74, 6) is -0.321. The van der Waals surface area contributed by atoms with Gasteiger partial charge in [-0.3, -0.25) is 14.6 Å². The molecule has 1 heterocycles. The number of nitrogens with zero attached hydrogens (tertiary/aromatic N) is 1. The Morgan fingerprint density at radius 1 is 0.852 bits per heavy atom. The molecular weight excluding hydrogens is 338 g/mol. The van der Waals surface area contributed by atoms with Gasteiger partial charge in [-0.2, -0.15) is 0 Å². The van der Waals surface area contributed by atoms with Crippen LogP contribution in [0.5, 0.6) is 0 Å². The average Bonchev–Trinajstić information content (AvgIpc) is 2.73. The van der Waals surface area contributed by atoms with Crippen molar-refractivity contribution in [1.29, 1.82) is 0 Å². The maximum atomic E-state index is 12.3. The zero-order valence-corrected chi connectivity index (χ0v) is 15.1. The molecule has 2 aromatic carbocycles. The van der Waals surface area contributed by atoms with E-state index in [1.165, 1.54) is 5.56 Å². The zero-order valence-electron chi connectivity index (χ0n) is 15.1. The van der Waals surface area contributed by atoms with Crippen LogP contribution in [0.4, 0.5) is 5.69 Å². The molecule has 0 unspecified atom stereocenters. The van der Waals surface area contributed by atoms with E-state index in [0.29, 0.717) is 23.4 Å². The fraction of sp³-hybridized carbons (Fsp3) is 0.136. The summed E-state index contributed by atoms with van der Waals surface area (Å²) < 4.78 is 0. The van der Waals surface area contributed by atoms with Crippen molar-refractivity contribution in [2.45, 2.75) is 19.9 Å². The van der Waals surface area contributed by atoms with Gasteiger partial charge >= 0.3 is 0 Å². The topological polar surface area (TPSA) is 71.1 Å². The van der Waals surface area contributed by atoms with Crippen LogP contribution in [-0.4, -0.2) is 16.8 Å². The van der Waals surface area contributed by atoms with Crippen LogP contribution in [0.25, 0.3) is 0 Å². The number of anilines is 1. The number of hydrogen-bond donors (Lipinski definition) is 2. The van der Waals surface area contributed by atoms with Crippen molar-refractivity contribution in [3.63, 3.8) is 0 Å². The van der Waals surface area contributed by atoms with E-state index in [9.17, 15) is 9.59 Å². The molecule has 2 amide bonds. The Morgan fingerprint density at radius 2 is 1.56 bits per heavy atom. The van der Waals surface area contributed by atoms with Crippen molar-refractivity contribution in [2.24, 2.45) is 0 Å². The Labute approximate surface area is 158 Å². The number of nitrogens with one attached hydrogen (secondary N) is 2. The summed E-state index contributed by atoms with van der Waals surface area (Å²) in [4.78, 5) is 28.4. The van der Waals surface area contributed by atoms with Gasteiger partial charge in [0.05, 0.1) is 0 Å². The minimum absolute atomic E-state index is 0.121. The summed E-state index contributed by atoms with van der Waals surface area (Å²) in [6.45, 7) is 2.46. The van der Waals surface area contributed by atoms with Crippen LogP contribution in [-0.2, 0) is 13.0 Å². The predicted octanol–water partition coefficient (Wildman–Crippen LogP) is 3.83. The Morgan fingerprint density at radius 3 is 2.26 bits per heavy atom. The smallest absolute Gasteiger partial charge is 0.255 e. The van der Waals surface area contributed by atoms with E-state index in [2.05, 4.69) is 22.5 Å². The molecule has 5 nitrogen and oxygen atoms in total. The van der Waals surface area contributed by atoms with E-state index in [1.807, 2.05) is 48.5 Å². The van der Waals surface area contributed by atoms with Crippen molar-refractivity contribution >= 4 is 17.5 Å². The van der Waals surface area contributed by atoms with Crippen molar-refractivity contribution in [1.82, 2.24) is 10.3 Å². The van der Waals surface area contributed by atoms with Gasteiger partial charge in [-0.05, 0) is 53.9 Å². The van der Waals surface area contributed by atoms with E-state index in [1.54, 1.807) is 24.5 Å². The van der Waals surface area contributed by atoms with E-state index in [-0.39, 0.29) is 11.8 Å². The molecule has 0 spiro atoms. The molecule has 5 heteroatoms. The lowest BCUT2D eigenvalue weighted by atomic mass is 10.1. The highest BCUT2D eigenvalue weighted by Gasteiger charge is 2.07. The summed E-state index contributed by atoms with van der Waals surface area (Å²) in [7, 11) is 0. The first kappa shape index (κ1) is 18.3. The molecule has 3 rings (SSSR count). The second-order valence-corrected chi connectivity index (χ2v) is 6.12. The monoisotopic (exact) mass is 359 g/mol. The first-order valence-corrected chi connectivity index (χ1v) is 8.83. The maximum Gasteiger partial charge on any atom is 0.255 e. The molecule has 0 aliphatic rings. The van der Waals surface area contributed by atoms with E-state index in [4.69, 9.17) is 0 Å². The van der Waals surface area contributed by atoms with Crippen LogP contribution in [0.3, 0.4) is 0 Å². The lowest BCUT2D eigenvalue weighted by Gasteiger charge is -2.09. The Kier molecular flexibility index (Phi) is 5.94. The van der Waals surface area contributed by atoms with Crippen LogP contribution in [0.2, 0.25) is 0 Å². The molecule has 3 aromatic rings. The Bertz CT molecular complexity index is 922. The summed E-state index contributed by atoms with van der Waals surface area (Å²) in [6, 6.07) is 18.3. The normalized spacial score (nSPS) is 10.3. The van der Waals surface area contributed by atoms with Gasteiger partial charge in [-0.1, -0.05) is 31.2 Å². The number of hydrogen-bond acceptors (Lipinski definition) is 3. The molecular formula is C22H21N3O2. The summed E-state index contributed by atoms with van der Waals surface area (Å²) >= 11 is 0. The van der Waals surface area contributed by atoms with E-state index < -0.39 is 0 Å². The number of carbonyl (C=O) groups excluding carboxylic acids is 2. The fourth-order valence-electron chi connectivity index (χ4n) is 2.64. The number of rotatable bonds is 6. The van der Waals surface area contributed by atoms with Gasteiger partial charge < -0.3 is 10.6 Å². The molecule has 1 aromatic heterocycles. The fourth-order valence-corrected chi connectivity index (χ4v) is 2.64. The summed E-state index contributed by atoms with van der Waals surface area (Å²) in [5.41, 5.74) is 3.95. The van der Waals surface area contributed by atoms with Gasteiger partial charge in [0, 0.05) is 35.8 Å². The molecule has 27 heavy (non-hydrogen) atoms. The second kappa shape index (κ2) is 8.76. The maximum absolute atomic E-state index is 12.3. The van der Waals surface area contributed by atoms with Crippen LogP contribution in [0, 0.1) is 0 Å². The average molecular weight is 359 g/mol. The molecule has 0 aliphatic carbocycles. The number of benzene rings is 2. The van der Waals surface area contributed by atoms with Crippen molar-refractivity contribution in [2.75, 3.05) is 5.32 Å². The molecule has 2 N–H and O–H groups in total. The Hall–Kier alpha value is -3.47. The first-order valence-electron chi connectivity index (χ1n) is 8.83. The molecule has 0 fully saturated rings. The highest BCUT2D eigenvalue weighted by atomic mass is 16.2. The van der Waals surface area contributed by atoms with Gasteiger partial charge in [0.25, 0.3) is 11.8 Å². The molecule has 0 saturated carbocycles. The van der Waals surface area contributed by atoms with Gasteiger partial charge in [-0.25, -0.2) is 0 Å². The third kappa shape index (κ3) is 5.01. The van der Waals surface area contributed by atoms with Gasteiger partial charge in [-0.15, -0.1) is 0 Å². The molecule has 0 bridgehead atoms. The minimum Gasteiger partial charge on any atom is -0.348 e. The number of carbonyl (C=O) groups is 2. The molecule has 0 radical (unpaired) electrons. The number of aryl methyl sites for hydroxylation is 1. The lowest BCUT2D eigenvalue weighted by Crippen LogP contribution is -2.22. The first-order chi connectivity index (χ1) is 13.2. The number of amides is 2. The van der Waals surface area contributed by atoms with Crippen LogP contribution >= 0.6 is 0 Å². The van der Waals surface area contributed by atoms with Crippen molar-refractivity contribution in [3.8, 4) is 0 Å². The van der Waals surface area contributed by atoms with Gasteiger partial charge in [0.1, 0.15) is 0 Å². The largest absolute Gasteiger partial charge is 0.348 e. The van der Waals surface area contributed by atoms with Gasteiger partial charge in [0.15, 0.2) is 0 Å².